The number of benzene rings is 1. The zero-order valence-electron chi connectivity index (χ0n) is 13.4. The lowest BCUT2D eigenvalue weighted by Gasteiger charge is -2.34. The van der Waals surface area contributed by atoms with E-state index >= 15 is 0 Å². The third-order valence-electron chi connectivity index (χ3n) is 4.70. The number of furan rings is 1. The van der Waals surface area contributed by atoms with Crippen LogP contribution in [0.4, 0.5) is 0 Å². The first-order valence-electron chi connectivity index (χ1n) is 8.19. The fourth-order valence-electron chi connectivity index (χ4n) is 3.38. The summed E-state index contributed by atoms with van der Waals surface area (Å²) in [5, 5.41) is 0. The molecule has 0 amide bonds. The van der Waals surface area contributed by atoms with E-state index in [0.717, 1.165) is 23.3 Å². The molecule has 0 saturated heterocycles. The summed E-state index contributed by atoms with van der Waals surface area (Å²) >= 11 is 0. The van der Waals surface area contributed by atoms with Gasteiger partial charge in [-0.3, -0.25) is 0 Å². The highest BCUT2D eigenvalue weighted by molar-refractivity contribution is 7.86. The number of rotatable bonds is 3. The molecule has 0 fully saturated rings. The predicted molar refractivity (Wildman–Crippen MR) is 92.4 cm³/mol. The summed E-state index contributed by atoms with van der Waals surface area (Å²) in [4.78, 5) is 0. The molecule has 0 bridgehead atoms. The number of nitrogens with zero attached hydrogens (tertiary/aromatic N) is 2. The van der Waals surface area contributed by atoms with E-state index in [2.05, 4.69) is 12.1 Å². The minimum Gasteiger partial charge on any atom is -0.465 e. The van der Waals surface area contributed by atoms with Crippen LogP contribution in [0.5, 0.6) is 0 Å². The lowest BCUT2D eigenvalue weighted by molar-refractivity contribution is 0.334. The highest BCUT2D eigenvalue weighted by Crippen LogP contribution is 2.27. The van der Waals surface area contributed by atoms with Gasteiger partial charge in [0.15, 0.2) is 0 Å². The molecule has 1 aromatic carbocycles. The molecule has 2 aliphatic rings. The predicted octanol–water partition coefficient (Wildman–Crippen LogP) is 2.67. The van der Waals surface area contributed by atoms with E-state index in [1.807, 2.05) is 30.3 Å². The first-order valence-corrected chi connectivity index (χ1v) is 9.59. The largest absolute Gasteiger partial charge is 0.465 e. The van der Waals surface area contributed by atoms with Crippen molar-refractivity contribution in [2.75, 3.05) is 19.6 Å². The molecule has 0 atom stereocenters. The number of fused-ring (bicyclic) bond motifs is 1. The quantitative estimate of drug-likeness (QED) is 0.860. The van der Waals surface area contributed by atoms with Crippen molar-refractivity contribution in [1.29, 1.82) is 0 Å². The molecule has 4 rings (SSSR count). The molecule has 2 aliphatic heterocycles. The van der Waals surface area contributed by atoms with Crippen molar-refractivity contribution in [1.82, 2.24) is 8.61 Å². The van der Waals surface area contributed by atoms with Crippen LogP contribution in [0.3, 0.4) is 0 Å². The van der Waals surface area contributed by atoms with Gasteiger partial charge in [0.25, 0.3) is 10.2 Å². The van der Waals surface area contributed by atoms with Gasteiger partial charge in [0.2, 0.25) is 0 Å². The highest BCUT2D eigenvalue weighted by Gasteiger charge is 2.33. The summed E-state index contributed by atoms with van der Waals surface area (Å²) in [7, 11) is -3.47. The molecule has 0 radical (unpaired) electrons. The average molecular weight is 344 g/mol. The lowest BCUT2D eigenvalue weighted by Crippen LogP contribution is -2.47. The maximum Gasteiger partial charge on any atom is 0.282 e. The smallest absolute Gasteiger partial charge is 0.282 e. The van der Waals surface area contributed by atoms with E-state index in [1.54, 1.807) is 14.9 Å². The molecule has 6 heteroatoms. The first kappa shape index (κ1) is 15.6. The third-order valence-corrected chi connectivity index (χ3v) is 6.63. The maximum absolute atomic E-state index is 13.1. The second-order valence-corrected chi connectivity index (χ2v) is 8.12. The summed E-state index contributed by atoms with van der Waals surface area (Å²) in [6, 6.07) is 11.8. The van der Waals surface area contributed by atoms with E-state index in [-0.39, 0.29) is 0 Å². The molecule has 2 aromatic rings. The van der Waals surface area contributed by atoms with Crippen LogP contribution in [0.2, 0.25) is 0 Å². The Morgan fingerprint density at radius 1 is 0.917 bits per heavy atom. The summed E-state index contributed by atoms with van der Waals surface area (Å²) in [5.41, 5.74) is 3.29. The minimum absolute atomic E-state index is 0.369. The van der Waals surface area contributed by atoms with Crippen LogP contribution in [0.1, 0.15) is 23.3 Å². The summed E-state index contributed by atoms with van der Waals surface area (Å²) < 4.78 is 34.7. The van der Waals surface area contributed by atoms with Crippen molar-refractivity contribution in [2.24, 2.45) is 0 Å². The maximum atomic E-state index is 13.1. The number of hydrogen-bond acceptors (Lipinski definition) is 3. The minimum atomic E-state index is -3.47. The Balaban J connectivity index is 1.55. The van der Waals surface area contributed by atoms with E-state index in [0.29, 0.717) is 32.6 Å². The molecule has 126 valence electrons. The Morgan fingerprint density at radius 3 is 2.50 bits per heavy atom. The third kappa shape index (κ3) is 2.81. The summed E-state index contributed by atoms with van der Waals surface area (Å²) in [6.45, 7) is 1.88. The zero-order valence-corrected chi connectivity index (χ0v) is 14.2. The molecule has 5 nitrogen and oxygen atoms in total. The van der Waals surface area contributed by atoms with Gasteiger partial charge in [-0.2, -0.15) is 17.0 Å². The molecule has 0 aliphatic carbocycles. The molecule has 1 aromatic heterocycles. The summed E-state index contributed by atoms with van der Waals surface area (Å²) in [5.74, 6) is 0.749. The molecule has 24 heavy (non-hydrogen) atoms. The molecular weight excluding hydrogens is 324 g/mol. The van der Waals surface area contributed by atoms with E-state index < -0.39 is 10.2 Å². The Labute approximate surface area is 142 Å². The van der Waals surface area contributed by atoms with Crippen LogP contribution in [0.25, 0.3) is 5.57 Å². The molecule has 0 saturated carbocycles. The molecular formula is C18H20N2O3S. The second kappa shape index (κ2) is 6.20. The van der Waals surface area contributed by atoms with E-state index in [1.165, 1.54) is 5.56 Å². The fourth-order valence-corrected chi connectivity index (χ4v) is 4.97. The van der Waals surface area contributed by atoms with Crippen LogP contribution in [0, 0.1) is 0 Å². The molecule has 3 heterocycles. The lowest BCUT2D eigenvalue weighted by atomic mass is 10.0. The van der Waals surface area contributed by atoms with Gasteiger partial charge >= 0.3 is 0 Å². The van der Waals surface area contributed by atoms with Crippen molar-refractivity contribution in [3.8, 4) is 0 Å². The van der Waals surface area contributed by atoms with Gasteiger partial charge in [0.1, 0.15) is 5.76 Å². The van der Waals surface area contributed by atoms with Crippen molar-refractivity contribution < 1.29 is 12.8 Å². The van der Waals surface area contributed by atoms with Crippen molar-refractivity contribution in [2.45, 2.75) is 19.4 Å². The SMILES string of the molecule is O=S(=O)(N1CCC=C(c2ccco2)C1)N1CCc2ccccc2C1. The van der Waals surface area contributed by atoms with Gasteiger partial charge in [-0.15, -0.1) is 0 Å². The van der Waals surface area contributed by atoms with Crippen molar-refractivity contribution in [3.63, 3.8) is 0 Å². The first-order chi connectivity index (χ1) is 11.6. The van der Waals surface area contributed by atoms with Crippen LogP contribution in [-0.2, 0) is 23.2 Å². The Hall–Kier alpha value is -1.89. The van der Waals surface area contributed by atoms with Crippen molar-refractivity contribution in [3.05, 3.63) is 65.6 Å². The van der Waals surface area contributed by atoms with Gasteiger partial charge < -0.3 is 4.42 Å². The standard InChI is InChI=1S/C18H20N2O3S/c21-24(22,20-11-9-15-5-1-2-6-16(15)13-20)19-10-3-7-17(14-19)18-8-4-12-23-18/h1-2,4-8,12H,3,9-11,13-14H2. The van der Waals surface area contributed by atoms with Crippen molar-refractivity contribution >= 4 is 15.8 Å². The van der Waals surface area contributed by atoms with Gasteiger partial charge in [-0.05, 0) is 36.1 Å². The van der Waals surface area contributed by atoms with Gasteiger partial charge in [-0.25, -0.2) is 0 Å². The molecule has 0 unspecified atom stereocenters. The Kier molecular flexibility index (Phi) is 4.04. The second-order valence-electron chi connectivity index (χ2n) is 6.19. The van der Waals surface area contributed by atoms with Gasteiger partial charge in [-0.1, -0.05) is 30.3 Å². The molecule has 0 spiro atoms. The monoisotopic (exact) mass is 344 g/mol. The van der Waals surface area contributed by atoms with Crippen LogP contribution < -0.4 is 0 Å². The highest BCUT2D eigenvalue weighted by atomic mass is 32.2. The van der Waals surface area contributed by atoms with Gasteiger partial charge in [0, 0.05) is 31.8 Å². The zero-order chi connectivity index (χ0) is 16.6. The average Bonchev–Trinajstić information content (AvgIpc) is 3.16. The fraction of sp³-hybridized carbons (Fsp3) is 0.333. The Morgan fingerprint density at radius 2 is 1.71 bits per heavy atom. The van der Waals surface area contributed by atoms with Crippen LogP contribution in [-0.4, -0.2) is 36.7 Å². The normalized spacial score (nSPS) is 19.8. The summed E-state index contributed by atoms with van der Waals surface area (Å²) in [6.07, 6.45) is 5.16. The van der Waals surface area contributed by atoms with Gasteiger partial charge in [0.05, 0.1) is 6.26 Å². The van der Waals surface area contributed by atoms with Crippen LogP contribution in [0.15, 0.2) is 53.2 Å². The number of hydrogen-bond donors (Lipinski definition) is 0. The van der Waals surface area contributed by atoms with E-state index in [9.17, 15) is 8.42 Å². The van der Waals surface area contributed by atoms with E-state index in [4.69, 9.17) is 4.42 Å². The molecule has 0 N–H and O–H groups in total. The van der Waals surface area contributed by atoms with Crippen LogP contribution >= 0.6 is 0 Å². The topological polar surface area (TPSA) is 53.8 Å². The Bertz CT molecular complexity index is 856.